The van der Waals surface area contributed by atoms with Crippen LogP contribution in [0.5, 0.6) is 0 Å². The molecule has 0 bridgehead atoms. The summed E-state index contributed by atoms with van der Waals surface area (Å²) in [7, 11) is 0. The summed E-state index contributed by atoms with van der Waals surface area (Å²) in [4.78, 5) is 21.9. The molecule has 0 spiro atoms. The zero-order chi connectivity index (χ0) is 20.7. The Morgan fingerprint density at radius 2 is 1.83 bits per heavy atom. The molecule has 1 unspecified atom stereocenters. The SMILES string of the molecule is Cc1nc2c3ccccc3nc(SC(C)C(=O)Nc3c(Cl)cc(Cl)cc3Cl)n2n1. The monoisotopic (exact) mass is 465 g/mol. The molecule has 0 saturated carbocycles. The molecule has 29 heavy (non-hydrogen) atoms. The number of carbonyl (C=O) groups excluding carboxylic acids is 1. The highest BCUT2D eigenvalue weighted by molar-refractivity contribution is 8.00. The van der Waals surface area contributed by atoms with Gasteiger partial charge in [0.2, 0.25) is 5.91 Å². The van der Waals surface area contributed by atoms with E-state index in [1.807, 2.05) is 31.2 Å². The smallest absolute Gasteiger partial charge is 0.237 e. The molecule has 0 radical (unpaired) electrons. The van der Waals surface area contributed by atoms with E-state index in [4.69, 9.17) is 34.8 Å². The maximum absolute atomic E-state index is 12.8. The third-order valence-electron chi connectivity index (χ3n) is 4.16. The highest BCUT2D eigenvalue weighted by atomic mass is 35.5. The van der Waals surface area contributed by atoms with Crippen LogP contribution in [-0.4, -0.2) is 30.7 Å². The van der Waals surface area contributed by atoms with Crippen molar-refractivity contribution >= 4 is 74.7 Å². The summed E-state index contributed by atoms with van der Waals surface area (Å²) >= 11 is 19.5. The van der Waals surface area contributed by atoms with E-state index in [9.17, 15) is 4.79 Å². The molecule has 4 rings (SSSR count). The topological polar surface area (TPSA) is 72.2 Å². The third-order valence-corrected chi connectivity index (χ3v) is 6.02. The predicted molar refractivity (Wildman–Crippen MR) is 118 cm³/mol. The van der Waals surface area contributed by atoms with Gasteiger partial charge in [-0.2, -0.15) is 4.52 Å². The fourth-order valence-corrected chi connectivity index (χ4v) is 4.58. The molecular formula is C19H14Cl3N5OS. The molecule has 4 aromatic rings. The summed E-state index contributed by atoms with van der Waals surface area (Å²) in [5.41, 5.74) is 1.81. The second kappa shape index (κ2) is 7.99. The molecule has 0 saturated heterocycles. The third kappa shape index (κ3) is 4.00. The van der Waals surface area contributed by atoms with Gasteiger partial charge in [0.1, 0.15) is 5.82 Å². The summed E-state index contributed by atoms with van der Waals surface area (Å²) < 4.78 is 1.66. The van der Waals surface area contributed by atoms with Gasteiger partial charge in [-0.15, -0.1) is 5.10 Å². The second-order valence-electron chi connectivity index (χ2n) is 6.30. The molecule has 148 valence electrons. The Morgan fingerprint density at radius 3 is 2.55 bits per heavy atom. The van der Waals surface area contributed by atoms with E-state index in [2.05, 4.69) is 20.4 Å². The number of para-hydroxylation sites is 1. The van der Waals surface area contributed by atoms with Crippen LogP contribution in [0.3, 0.4) is 0 Å². The molecule has 2 aromatic heterocycles. The van der Waals surface area contributed by atoms with Gasteiger partial charge in [0, 0.05) is 10.4 Å². The molecule has 0 aliphatic heterocycles. The lowest BCUT2D eigenvalue weighted by Gasteiger charge is -2.14. The summed E-state index contributed by atoms with van der Waals surface area (Å²) in [5, 5.41) is 9.09. The van der Waals surface area contributed by atoms with Crippen LogP contribution in [0.4, 0.5) is 5.69 Å². The Bertz CT molecular complexity index is 1240. The van der Waals surface area contributed by atoms with Crippen LogP contribution in [0.1, 0.15) is 12.7 Å². The quantitative estimate of drug-likeness (QED) is 0.310. The summed E-state index contributed by atoms with van der Waals surface area (Å²) in [6.07, 6.45) is 0. The average Bonchev–Trinajstić information content (AvgIpc) is 3.06. The summed E-state index contributed by atoms with van der Waals surface area (Å²) in [5.74, 6) is 0.350. The lowest BCUT2D eigenvalue weighted by atomic mass is 10.2. The van der Waals surface area contributed by atoms with Crippen LogP contribution in [0.25, 0.3) is 16.6 Å². The van der Waals surface area contributed by atoms with Gasteiger partial charge in [-0.05, 0) is 38.1 Å². The van der Waals surface area contributed by atoms with E-state index in [0.29, 0.717) is 27.3 Å². The number of thioether (sulfide) groups is 1. The fourth-order valence-electron chi connectivity index (χ4n) is 2.81. The molecule has 2 heterocycles. The minimum atomic E-state index is -0.501. The van der Waals surface area contributed by atoms with Gasteiger partial charge < -0.3 is 5.32 Å². The zero-order valence-electron chi connectivity index (χ0n) is 15.3. The molecule has 1 atom stereocenters. The van der Waals surface area contributed by atoms with Gasteiger partial charge in [-0.25, -0.2) is 9.97 Å². The highest BCUT2D eigenvalue weighted by Crippen LogP contribution is 2.34. The van der Waals surface area contributed by atoms with Gasteiger partial charge in [0.15, 0.2) is 10.8 Å². The van der Waals surface area contributed by atoms with E-state index < -0.39 is 5.25 Å². The van der Waals surface area contributed by atoms with Crippen molar-refractivity contribution < 1.29 is 4.79 Å². The van der Waals surface area contributed by atoms with Crippen molar-refractivity contribution in [2.24, 2.45) is 0 Å². The number of aromatic nitrogens is 4. The molecule has 1 N–H and O–H groups in total. The number of rotatable bonds is 4. The van der Waals surface area contributed by atoms with Gasteiger partial charge in [0.25, 0.3) is 0 Å². The molecule has 0 aliphatic rings. The lowest BCUT2D eigenvalue weighted by Crippen LogP contribution is -2.23. The maximum Gasteiger partial charge on any atom is 0.237 e. The molecule has 10 heteroatoms. The zero-order valence-corrected chi connectivity index (χ0v) is 18.4. The number of hydrogen-bond acceptors (Lipinski definition) is 5. The maximum atomic E-state index is 12.8. The number of halogens is 3. The van der Waals surface area contributed by atoms with Gasteiger partial charge >= 0.3 is 0 Å². The average molecular weight is 467 g/mol. The highest BCUT2D eigenvalue weighted by Gasteiger charge is 2.21. The van der Waals surface area contributed by atoms with E-state index in [1.165, 1.54) is 23.9 Å². The van der Waals surface area contributed by atoms with Crippen LogP contribution < -0.4 is 5.32 Å². The van der Waals surface area contributed by atoms with Crippen molar-refractivity contribution in [1.82, 2.24) is 19.6 Å². The Hall–Kier alpha value is -2.06. The molecular weight excluding hydrogens is 453 g/mol. The normalized spacial score (nSPS) is 12.4. The number of aryl methyl sites for hydroxylation is 1. The Labute approximate surface area is 185 Å². The van der Waals surface area contributed by atoms with Gasteiger partial charge in [-0.3, -0.25) is 4.79 Å². The minimum absolute atomic E-state index is 0.270. The number of nitrogens with zero attached hydrogens (tertiary/aromatic N) is 4. The molecule has 2 aromatic carbocycles. The number of carbonyl (C=O) groups is 1. The van der Waals surface area contributed by atoms with Crippen LogP contribution in [0.15, 0.2) is 41.6 Å². The predicted octanol–water partition coefficient (Wildman–Crippen LogP) is 5.67. The number of hydrogen-bond donors (Lipinski definition) is 1. The first-order valence-electron chi connectivity index (χ1n) is 8.57. The van der Waals surface area contributed by atoms with Crippen LogP contribution >= 0.6 is 46.6 Å². The molecule has 1 amide bonds. The van der Waals surface area contributed by atoms with Crippen molar-refractivity contribution in [3.8, 4) is 0 Å². The van der Waals surface area contributed by atoms with E-state index >= 15 is 0 Å². The standard InChI is InChI=1S/C19H14Cl3N5OS/c1-9(18(28)25-16-13(21)7-11(20)8-14(16)22)29-19-24-15-6-4-3-5-12(15)17-23-10(2)26-27(17)19/h3-9H,1-2H3,(H,25,28). The summed E-state index contributed by atoms with van der Waals surface area (Å²) in [6.45, 7) is 3.58. The van der Waals surface area contributed by atoms with E-state index in [0.717, 1.165) is 10.9 Å². The van der Waals surface area contributed by atoms with Gasteiger partial charge in [-0.1, -0.05) is 58.7 Å². The molecule has 0 aliphatic carbocycles. The molecule has 6 nitrogen and oxygen atoms in total. The lowest BCUT2D eigenvalue weighted by molar-refractivity contribution is -0.115. The summed E-state index contributed by atoms with van der Waals surface area (Å²) in [6, 6.07) is 10.7. The van der Waals surface area contributed by atoms with Crippen molar-refractivity contribution in [3.63, 3.8) is 0 Å². The number of fused-ring (bicyclic) bond motifs is 3. The minimum Gasteiger partial charge on any atom is -0.323 e. The van der Waals surface area contributed by atoms with Gasteiger partial charge in [0.05, 0.1) is 26.5 Å². The van der Waals surface area contributed by atoms with Crippen molar-refractivity contribution in [2.75, 3.05) is 5.32 Å². The van der Waals surface area contributed by atoms with Crippen molar-refractivity contribution in [1.29, 1.82) is 0 Å². The Kier molecular flexibility index (Phi) is 5.57. The van der Waals surface area contributed by atoms with Crippen LogP contribution in [0, 0.1) is 6.92 Å². The fraction of sp³-hybridized carbons (Fsp3) is 0.158. The van der Waals surface area contributed by atoms with E-state index in [-0.39, 0.29) is 16.0 Å². The largest absolute Gasteiger partial charge is 0.323 e. The number of nitrogens with one attached hydrogen (secondary N) is 1. The number of anilines is 1. The van der Waals surface area contributed by atoms with Crippen LogP contribution in [-0.2, 0) is 4.79 Å². The second-order valence-corrected chi connectivity index (χ2v) is 8.86. The van der Waals surface area contributed by atoms with E-state index in [1.54, 1.807) is 11.4 Å². The number of amides is 1. The Balaban J connectivity index is 1.65. The first-order chi connectivity index (χ1) is 13.8. The van der Waals surface area contributed by atoms with Crippen molar-refractivity contribution in [2.45, 2.75) is 24.3 Å². The first kappa shape index (κ1) is 20.2. The first-order valence-corrected chi connectivity index (χ1v) is 10.6. The van der Waals surface area contributed by atoms with Crippen molar-refractivity contribution in [3.05, 3.63) is 57.3 Å². The number of benzene rings is 2. The molecule has 0 fully saturated rings. The Morgan fingerprint density at radius 1 is 1.14 bits per heavy atom. The van der Waals surface area contributed by atoms with Crippen LogP contribution in [0.2, 0.25) is 15.1 Å².